The molecule has 5 aliphatic heterocycles. The number of halogens is 3. The second kappa shape index (κ2) is 23.8. The van der Waals surface area contributed by atoms with Crippen molar-refractivity contribution in [2.24, 2.45) is 17.8 Å². The van der Waals surface area contributed by atoms with Crippen molar-refractivity contribution in [3.8, 4) is 28.8 Å². The van der Waals surface area contributed by atoms with E-state index in [-0.39, 0.29) is 79.8 Å². The largest absolute Gasteiger partial charge is 0.492 e. The molecule has 2 aromatic heterocycles. The predicted octanol–water partition coefficient (Wildman–Crippen LogP) is 7.41. The number of para-hydroxylation sites is 1. The summed E-state index contributed by atoms with van der Waals surface area (Å²) in [5.74, 6) is -1.03. The van der Waals surface area contributed by atoms with Crippen LogP contribution in [0.2, 0.25) is 0 Å². The van der Waals surface area contributed by atoms with E-state index in [1.54, 1.807) is 66.9 Å². The minimum Gasteiger partial charge on any atom is -0.492 e. The van der Waals surface area contributed by atoms with Crippen molar-refractivity contribution < 1.29 is 51.4 Å². The van der Waals surface area contributed by atoms with E-state index < -0.39 is 42.4 Å². The number of imide groups is 1. The summed E-state index contributed by atoms with van der Waals surface area (Å²) in [5, 5.41) is 18.5. The summed E-state index contributed by atoms with van der Waals surface area (Å²) in [6, 6.07) is 24.3. The zero-order chi connectivity index (χ0) is 57.1. The first kappa shape index (κ1) is 55.9. The van der Waals surface area contributed by atoms with E-state index >= 15 is 13.2 Å². The van der Waals surface area contributed by atoms with Crippen molar-refractivity contribution in [3.05, 3.63) is 102 Å². The number of benzene rings is 3. The molecule has 3 aromatic carbocycles. The Labute approximate surface area is 473 Å². The topological polar surface area (TPSA) is 222 Å². The number of nitriles is 1. The number of rotatable bonds is 14. The van der Waals surface area contributed by atoms with E-state index in [1.807, 2.05) is 17.0 Å². The Morgan fingerprint density at radius 2 is 1.52 bits per heavy atom. The van der Waals surface area contributed by atoms with Gasteiger partial charge in [0.15, 0.2) is 0 Å². The Kier molecular flexibility index (Phi) is 16.3. The average Bonchev–Trinajstić information content (AvgIpc) is 3.91. The number of carbonyl (C=O) groups is 6. The monoisotopic (exact) mass is 1120 g/mol. The lowest BCUT2D eigenvalue weighted by Crippen LogP contribution is -2.58. The molecule has 4 saturated heterocycles. The minimum atomic E-state index is -4.79. The molecular weight excluding hydrogens is 1060 g/mol. The van der Waals surface area contributed by atoms with Crippen LogP contribution in [0.1, 0.15) is 99.2 Å². The lowest BCUT2D eigenvalue weighted by atomic mass is 9.81. The quantitative estimate of drug-likeness (QED) is 0.0631. The number of anilines is 2. The maximum Gasteiger partial charge on any atom is 0.428 e. The number of aromatic nitrogens is 2. The van der Waals surface area contributed by atoms with Crippen LogP contribution < -0.4 is 30.3 Å². The van der Waals surface area contributed by atoms with Crippen LogP contribution in [0.4, 0.5) is 24.7 Å². The van der Waals surface area contributed by atoms with Gasteiger partial charge in [-0.2, -0.15) is 18.4 Å². The molecule has 0 radical (unpaired) electrons. The Morgan fingerprint density at radius 1 is 0.780 bits per heavy atom. The molecule has 5 aromatic rings. The maximum atomic E-state index is 15.1. The van der Waals surface area contributed by atoms with Gasteiger partial charge < -0.3 is 39.8 Å². The molecule has 1 saturated carbocycles. The highest BCUT2D eigenvalue weighted by Gasteiger charge is 2.59. The number of nitrogens with zero attached hydrogens (tertiary/aromatic N) is 6. The van der Waals surface area contributed by atoms with Crippen molar-refractivity contribution >= 4 is 57.9 Å². The van der Waals surface area contributed by atoms with E-state index in [1.165, 1.54) is 11.0 Å². The van der Waals surface area contributed by atoms with Crippen molar-refractivity contribution in [2.75, 3.05) is 82.3 Å². The highest BCUT2D eigenvalue weighted by Crippen LogP contribution is 2.46. The molecule has 18 nitrogen and oxygen atoms in total. The summed E-state index contributed by atoms with van der Waals surface area (Å²) in [4.78, 5) is 94.1. The van der Waals surface area contributed by atoms with Gasteiger partial charge in [-0.05, 0) is 111 Å². The number of H-pyrrole nitrogens is 1. The molecule has 2 atom stereocenters. The van der Waals surface area contributed by atoms with Gasteiger partial charge in [0.2, 0.25) is 41.0 Å². The lowest BCUT2D eigenvalue weighted by molar-refractivity contribution is -0.260. The number of hydrogen-bond donors (Lipinski definition) is 4. The van der Waals surface area contributed by atoms with Gasteiger partial charge in [-0.1, -0.05) is 24.3 Å². The maximum absolute atomic E-state index is 15.1. The number of alkyl halides is 3. The highest BCUT2D eigenvalue weighted by molar-refractivity contribution is 6.02. The van der Waals surface area contributed by atoms with E-state index in [0.29, 0.717) is 102 Å². The number of hydrogen-bond acceptors (Lipinski definition) is 12. The molecule has 11 rings (SSSR count). The first-order valence-corrected chi connectivity index (χ1v) is 28.7. The van der Waals surface area contributed by atoms with Gasteiger partial charge in [0.1, 0.15) is 23.9 Å². The number of likely N-dealkylation sites (tertiary alicyclic amines) is 1. The number of amides is 6. The van der Waals surface area contributed by atoms with Crippen LogP contribution in [0.15, 0.2) is 85.1 Å². The van der Waals surface area contributed by atoms with Crippen LogP contribution in [-0.2, 0) is 28.8 Å². The molecule has 82 heavy (non-hydrogen) atoms. The van der Waals surface area contributed by atoms with Crippen molar-refractivity contribution in [2.45, 2.75) is 94.2 Å². The number of ether oxygens (including phenoxy) is 2. The predicted molar refractivity (Wildman–Crippen MR) is 297 cm³/mol. The van der Waals surface area contributed by atoms with Gasteiger partial charge in [-0.3, -0.25) is 39.0 Å². The van der Waals surface area contributed by atoms with Crippen LogP contribution in [0.3, 0.4) is 0 Å². The van der Waals surface area contributed by atoms with Gasteiger partial charge in [-0.25, -0.2) is 4.98 Å². The van der Waals surface area contributed by atoms with Crippen LogP contribution >= 0.6 is 0 Å². The van der Waals surface area contributed by atoms with Crippen molar-refractivity contribution in [1.29, 1.82) is 5.26 Å². The molecule has 21 heteroatoms. The molecule has 4 N–H and O–H groups in total. The number of fused-ring (bicyclic) bond motifs is 2. The standard InChI is InChI=1S/C61H67F3N10O8/c62-61(63,64)60(82-52-7-2-1-5-46(52)51-34-47-42(36-65)4-3-6-49(47)68-51)19-25-73(26-20-60)59(80)48-35-55(76)69-50-33-43(12-13-45(48)50)81-31-22-67-56(77)39-8-10-40(11-9-39)58(79)74-29-27-71(28-30-74)37-38-17-23-72(24-18-38)53-32-41(16-21-66-53)44-14-15-54(75)70-57(44)78/h1-7,12-13,16,21,32-34,38-40,44,48,68H,8-11,14-15,17-20,22-31,35,37H2,(H,67,77)(H,69,76)(H,70,75,78)/t39?,40?,44?,48-/m0/s1. The molecule has 430 valence electrons. The summed E-state index contributed by atoms with van der Waals surface area (Å²) < 4.78 is 57.3. The Morgan fingerprint density at radius 3 is 2.27 bits per heavy atom. The zero-order valence-corrected chi connectivity index (χ0v) is 45.6. The smallest absolute Gasteiger partial charge is 0.428 e. The first-order valence-electron chi connectivity index (χ1n) is 28.7. The molecule has 0 spiro atoms. The summed E-state index contributed by atoms with van der Waals surface area (Å²) in [6.45, 7) is 5.61. The molecule has 7 heterocycles. The second-order valence-electron chi connectivity index (χ2n) is 22.7. The summed E-state index contributed by atoms with van der Waals surface area (Å²) in [5.41, 5.74) is 1.14. The SMILES string of the molecule is N#Cc1cccc2[nH]c(-c3ccccc3OC3(C(F)(F)F)CCN(C(=O)[C@H]4CC(=O)Nc5cc(OCCNC(=O)C6CCC(C(=O)N7CCN(CC8CCN(c9cc(C%10CCC(=O)NC%10=O)ccn9)CC8)CC7)CC6)ccc54)CC3)cc12. The van der Waals surface area contributed by atoms with Gasteiger partial charge >= 0.3 is 6.18 Å². The third-order valence-corrected chi connectivity index (χ3v) is 17.7. The Hall–Kier alpha value is -7.99. The summed E-state index contributed by atoms with van der Waals surface area (Å²) in [7, 11) is 0. The molecule has 1 aliphatic carbocycles. The molecule has 6 aliphatic rings. The number of carbonyl (C=O) groups excluding carboxylic acids is 6. The average molecular weight is 1130 g/mol. The van der Waals surface area contributed by atoms with Crippen LogP contribution in [0, 0.1) is 29.1 Å². The molecule has 5 fully saturated rings. The van der Waals surface area contributed by atoms with Gasteiger partial charge in [-0.15, -0.1) is 0 Å². The fraction of sp³-hybridized carbons (Fsp3) is 0.475. The third kappa shape index (κ3) is 12.0. The van der Waals surface area contributed by atoms with Gasteiger partial charge in [0, 0.05) is 131 Å². The minimum absolute atomic E-state index is 0.00694. The lowest BCUT2D eigenvalue weighted by Gasteiger charge is -2.43. The highest BCUT2D eigenvalue weighted by atomic mass is 19.4. The molecule has 0 bridgehead atoms. The van der Waals surface area contributed by atoms with Crippen LogP contribution in [0.5, 0.6) is 11.5 Å². The first-order chi connectivity index (χ1) is 39.6. The third-order valence-electron chi connectivity index (χ3n) is 17.7. The second-order valence-corrected chi connectivity index (χ2v) is 22.7. The number of piperidine rings is 3. The Balaban J connectivity index is 0.598. The van der Waals surface area contributed by atoms with Crippen molar-refractivity contribution in [3.63, 3.8) is 0 Å². The molecule has 6 amide bonds. The van der Waals surface area contributed by atoms with Crippen LogP contribution in [-0.4, -0.2) is 144 Å². The fourth-order valence-electron chi connectivity index (χ4n) is 12.9. The number of nitrogens with one attached hydrogen (secondary N) is 4. The fourth-order valence-corrected chi connectivity index (χ4v) is 12.9. The van der Waals surface area contributed by atoms with Gasteiger partial charge in [0.05, 0.1) is 35.7 Å². The van der Waals surface area contributed by atoms with Gasteiger partial charge in [0.25, 0.3) is 0 Å². The normalized spacial score (nSPS) is 22.6. The van der Waals surface area contributed by atoms with E-state index in [0.717, 1.165) is 56.9 Å². The van der Waals surface area contributed by atoms with E-state index in [9.17, 15) is 34.0 Å². The summed E-state index contributed by atoms with van der Waals surface area (Å²) >= 11 is 0. The van der Waals surface area contributed by atoms with Crippen molar-refractivity contribution in [1.82, 2.24) is 35.3 Å². The van der Waals surface area contributed by atoms with E-state index in [4.69, 9.17) is 9.47 Å². The number of aromatic amines is 1. The zero-order valence-electron chi connectivity index (χ0n) is 45.6. The number of piperazine rings is 1. The molecule has 1 unspecified atom stereocenters. The summed E-state index contributed by atoms with van der Waals surface area (Å²) in [6.07, 6.45) is 1.15. The number of pyridine rings is 1. The molecular formula is C61H67F3N10O8. The van der Waals surface area contributed by atoms with Crippen LogP contribution in [0.25, 0.3) is 22.2 Å². The van der Waals surface area contributed by atoms with E-state index in [2.05, 4.69) is 41.8 Å². The Bertz CT molecular complexity index is 3270.